The quantitative estimate of drug-likeness (QED) is 0.531. The van der Waals surface area contributed by atoms with E-state index in [1.807, 2.05) is 18.2 Å². The highest BCUT2D eigenvalue weighted by molar-refractivity contribution is 9.10. The highest BCUT2D eigenvalue weighted by Crippen LogP contribution is 2.32. The topological polar surface area (TPSA) is 50.7 Å². The summed E-state index contributed by atoms with van der Waals surface area (Å²) in [6, 6.07) is 11.3. The minimum absolute atomic E-state index is 0.245. The van der Waals surface area contributed by atoms with Gasteiger partial charge in [0.05, 0.1) is 10.6 Å². The molecular formula is C19H14BrFN2O2S. The minimum Gasteiger partial charge on any atom is -0.489 e. The van der Waals surface area contributed by atoms with Gasteiger partial charge in [0.15, 0.2) is 5.17 Å². The molecule has 2 aromatic carbocycles. The fourth-order valence-electron chi connectivity index (χ4n) is 2.17. The van der Waals surface area contributed by atoms with Gasteiger partial charge in [-0.2, -0.15) is 0 Å². The van der Waals surface area contributed by atoms with Crippen molar-refractivity contribution in [1.29, 1.82) is 0 Å². The Kier molecular flexibility index (Phi) is 5.90. The monoisotopic (exact) mass is 432 g/mol. The van der Waals surface area contributed by atoms with Crippen molar-refractivity contribution in [1.82, 2.24) is 5.32 Å². The number of aliphatic imine (C=N–C) groups is 1. The molecule has 132 valence electrons. The van der Waals surface area contributed by atoms with Gasteiger partial charge in [-0.25, -0.2) is 9.38 Å². The Labute approximate surface area is 163 Å². The van der Waals surface area contributed by atoms with Crippen LogP contribution in [0.25, 0.3) is 6.08 Å². The van der Waals surface area contributed by atoms with Gasteiger partial charge in [0.1, 0.15) is 18.2 Å². The third-order valence-electron chi connectivity index (χ3n) is 3.32. The van der Waals surface area contributed by atoms with Crippen LogP contribution in [0.5, 0.6) is 5.75 Å². The van der Waals surface area contributed by atoms with Gasteiger partial charge in [-0.05, 0) is 60.3 Å². The van der Waals surface area contributed by atoms with Gasteiger partial charge in [0.25, 0.3) is 5.91 Å². The van der Waals surface area contributed by atoms with Crippen LogP contribution in [0, 0.1) is 5.82 Å². The number of rotatable bonds is 5. The average Bonchev–Trinajstić information content (AvgIpc) is 2.95. The van der Waals surface area contributed by atoms with Crippen molar-refractivity contribution in [2.24, 2.45) is 4.99 Å². The summed E-state index contributed by atoms with van der Waals surface area (Å²) >= 11 is 4.64. The van der Waals surface area contributed by atoms with Crippen LogP contribution in [0.2, 0.25) is 0 Å². The molecule has 1 aliphatic heterocycles. The van der Waals surface area contributed by atoms with E-state index in [2.05, 4.69) is 32.8 Å². The molecule has 1 aliphatic rings. The molecule has 1 amide bonds. The van der Waals surface area contributed by atoms with E-state index in [-0.39, 0.29) is 11.7 Å². The minimum atomic E-state index is -0.334. The van der Waals surface area contributed by atoms with Crippen molar-refractivity contribution in [3.63, 3.8) is 0 Å². The number of nitrogens with one attached hydrogen (secondary N) is 1. The molecule has 26 heavy (non-hydrogen) atoms. The molecule has 0 saturated carbocycles. The third-order valence-corrected chi connectivity index (χ3v) is 4.73. The summed E-state index contributed by atoms with van der Waals surface area (Å²) in [7, 11) is 0. The van der Waals surface area contributed by atoms with Gasteiger partial charge in [0, 0.05) is 10.0 Å². The molecule has 0 aromatic heterocycles. The summed E-state index contributed by atoms with van der Waals surface area (Å²) < 4.78 is 19.5. The Balaban J connectivity index is 1.86. The molecule has 0 bridgehead atoms. The zero-order valence-electron chi connectivity index (χ0n) is 13.5. The molecule has 3 rings (SSSR count). The molecule has 1 N–H and O–H groups in total. The van der Waals surface area contributed by atoms with Crippen LogP contribution in [0.1, 0.15) is 5.56 Å². The zero-order chi connectivity index (χ0) is 18.5. The highest BCUT2D eigenvalue weighted by Gasteiger charge is 2.24. The second kappa shape index (κ2) is 8.33. The molecule has 1 saturated heterocycles. The lowest BCUT2D eigenvalue weighted by Crippen LogP contribution is -2.19. The molecule has 0 radical (unpaired) electrons. The van der Waals surface area contributed by atoms with Crippen LogP contribution in [0.15, 0.2) is 69.5 Å². The van der Waals surface area contributed by atoms with E-state index in [4.69, 9.17) is 4.74 Å². The van der Waals surface area contributed by atoms with E-state index < -0.39 is 0 Å². The maximum Gasteiger partial charge on any atom is 0.264 e. The van der Waals surface area contributed by atoms with Gasteiger partial charge in [-0.1, -0.05) is 28.6 Å². The van der Waals surface area contributed by atoms with Crippen molar-refractivity contribution in [2.45, 2.75) is 0 Å². The van der Waals surface area contributed by atoms with Crippen LogP contribution in [-0.4, -0.2) is 17.7 Å². The smallest absolute Gasteiger partial charge is 0.264 e. The number of hydrogen-bond donors (Lipinski definition) is 1. The normalized spacial score (nSPS) is 16.8. The van der Waals surface area contributed by atoms with E-state index in [0.717, 1.165) is 10.0 Å². The number of amides is 1. The molecule has 0 unspecified atom stereocenters. The molecule has 1 fully saturated rings. The number of thioether (sulfide) groups is 1. The summed E-state index contributed by atoms with van der Waals surface area (Å²) in [6.45, 7) is 4.01. The van der Waals surface area contributed by atoms with E-state index in [1.165, 1.54) is 23.9 Å². The first-order valence-corrected chi connectivity index (χ1v) is 9.24. The van der Waals surface area contributed by atoms with Gasteiger partial charge >= 0.3 is 0 Å². The standard InChI is InChI=1S/C19H14BrFN2O2S/c1-2-9-25-16-8-3-13(20)10-12(16)11-17-18(24)23-19(26-17)22-15-6-4-14(21)5-7-15/h2-8,10-11H,1,9H2,(H,22,23,24)/b17-11-. The van der Waals surface area contributed by atoms with Crippen molar-refractivity contribution in [2.75, 3.05) is 6.61 Å². The summed E-state index contributed by atoms with van der Waals surface area (Å²) in [5, 5.41) is 3.15. The largest absolute Gasteiger partial charge is 0.489 e. The first kappa shape index (κ1) is 18.4. The van der Waals surface area contributed by atoms with Crippen molar-refractivity contribution >= 4 is 50.5 Å². The summed E-state index contributed by atoms with van der Waals surface area (Å²) in [4.78, 5) is 17.0. The number of hydrogen-bond acceptors (Lipinski definition) is 4. The van der Waals surface area contributed by atoms with Crippen LogP contribution >= 0.6 is 27.7 Å². The average molecular weight is 433 g/mol. The number of carbonyl (C=O) groups excluding carboxylic acids is 1. The van der Waals surface area contributed by atoms with E-state index >= 15 is 0 Å². The van der Waals surface area contributed by atoms with Crippen molar-refractivity contribution in [3.05, 3.63) is 75.9 Å². The molecule has 2 aromatic rings. The SMILES string of the molecule is C=CCOc1ccc(Br)cc1/C=C1\SC(=Nc2ccc(F)cc2)NC1=O. The van der Waals surface area contributed by atoms with Crippen LogP contribution in [0.4, 0.5) is 10.1 Å². The lowest BCUT2D eigenvalue weighted by atomic mass is 10.2. The van der Waals surface area contributed by atoms with E-state index in [9.17, 15) is 9.18 Å². The fraction of sp³-hybridized carbons (Fsp3) is 0.0526. The van der Waals surface area contributed by atoms with Gasteiger partial charge in [-0.15, -0.1) is 0 Å². The number of carbonyl (C=O) groups is 1. The maximum absolute atomic E-state index is 13.0. The second-order valence-corrected chi connectivity index (χ2v) is 7.19. The van der Waals surface area contributed by atoms with Crippen LogP contribution < -0.4 is 10.1 Å². The molecule has 0 spiro atoms. The van der Waals surface area contributed by atoms with E-state index in [1.54, 1.807) is 24.3 Å². The fourth-order valence-corrected chi connectivity index (χ4v) is 3.38. The first-order valence-electron chi connectivity index (χ1n) is 7.63. The number of benzene rings is 2. The van der Waals surface area contributed by atoms with E-state index in [0.29, 0.717) is 28.1 Å². The molecule has 1 heterocycles. The van der Waals surface area contributed by atoms with Crippen LogP contribution in [0.3, 0.4) is 0 Å². The number of amidine groups is 1. The molecule has 7 heteroatoms. The third kappa shape index (κ3) is 4.62. The second-order valence-electron chi connectivity index (χ2n) is 5.24. The maximum atomic E-state index is 13.0. The predicted molar refractivity (Wildman–Crippen MR) is 107 cm³/mol. The zero-order valence-corrected chi connectivity index (χ0v) is 15.9. The summed E-state index contributed by atoms with van der Waals surface area (Å²) in [5.74, 6) is 0.0720. The predicted octanol–water partition coefficient (Wildman–Crippen LogP) is 5.04. The molecular weight excluding hydrogens is 419 g/mol. The summed E-state index contributed by atoms with van der Waals surface area (Å²) in [6.07, 6.45) is 3.40. The summed E-state index contributed by atoms with van der Waals surface area (Å²) in [5.41, 5.74) is 1.33. The number of nitrogens with zero attached hydrogens (tertiary/aromatic N) is 1. The van der Waals surface area contributed by atoms with Gasteiger partial charge < -0.3 is 10.1 Å². The lowest BCUT2D eigenvalue weighted by molar-refractivity contribution is -0.115. The Morgan fingerprint density at radius 2 is 2.04 bits per heavy atom. The Bertz CT molecular complexity index is 910. The van der Waals surface area contributed by atoms with Crippen molar-refractivity contribution < 1.29 is 13.9 Å². The molecule has 0 atom stereocenters. The highest BCUT2D eigenvalue weighted by atomic mass is 79.9. The Morgan fingerprint density at radius 3 is 2.77 bits per heavy atom. The Hall–Kier alpha value is -2.38. The molecule has 4 nitrogen and oxygen atoms in total. The lowest BCUT2D eigenvalue weighted by Gasteiger charge is -2.08. The van der Waals surface area contributed by atoms with Gasteiger partial charge in [0.2, 0.25) is 0 Å². The van der Waals surface area contributed by atoms with Crippen LogP contribution in [-0.2, 0) is 4.79 Å². The molecule has 0 aliphatic carbocycles. The van der Waals surface area contributed by atoms with Gasteiger partial charge in [-0.3, -0.25) is 4.79 Å². The Morgan fingerprint density at radius 1 is 1.27 bits per heavy atom. The van der Waals surface area contributed by atoms with Crippen molar-refractivity contribution in [3.8, 4) is 5.75 Å². The number of ether oxygens (including phenoxy) is 1. The first-order chi connectivity index (χ1) is 12.5. The number of halogens is 2.